The van der Waals surface area contributed by atoms with E-state index in [-0.39, 0.29) is 17.8 Å². The first kappa shape index (κ1) is 16.4. The highest BCUT2D eigenvalue weighted by atomic mass is 16.5. The van der Waals surface area contributed by atoms with Crippen molar-refractivity contribution in [2.75, 3.05) is 6.61 Å². The van der Waals surface area contributed by atoms with Gasteiger partial charge >= 0.3 is 5.97 Å². The van der Waals surface area contributed by atoms with Gasteiger partial charge in [-0.25, -0.2) is 9.48 Å². The maximum absolute atomic E-state index is 12.3. The molecule has 0 radical (unpaired) electrons. The van der Waals surface area contributed by atoms with Crippen molar-refractivity contribution >= 4 is 22.6 Å². The minimum atomic E-state index is -0.778. The summed E-state index contributed by atoms with van der Waals surface area (Å²) in [5, 5.41) is 7.25. The number of ether oxygens (including phenoxy) is 1. The predicted octanol–water partition coefficient (Wildman–Crippen LogP) is 1.000. The molecule has 1 aromatic carbocycles. The number of fused-ring (bicyclic) bond motifs is 1. The number of aryl methyl sites for hydroxylation is 1. The second-order valence-corrected chi connectivity index (χ2v) is 5.26. The first-order chi connectivity index (χ1) is 12.1. The van der Waals surface area contributed by atoms with Gasteiger partial charge in [0.05, 0.1) is 18.2 Å². The molecule has 3 rings (SSSR count). The van der Waals surface area contributed by atoms with Gasteiger partial charge in [-0.1, -0.05) is 18.2 Å². The maximum atomic E-state index is 12.3. The Balaban J connectivity index is 1.69. The zero-order valence-corrected chi connectivity index (χ0v) is 13.4. The molecule has 2 heterocycles. The largest absolute Gasteiger partial charge is 0.467 e. The van der Waals surface area contributed by atoms with Crippen molar-refractivity contribution in [2.45, 2.75) is 6.54 Å². The van der Waals surface area contributed by atoms with Gasteiger partial charge in [0.2, 0.25) is 0 Å². The third-order valence-corrected chi connectivity index (χ3v) is 3.52. The van der Waals surface area contributed by atoms with E-state index in [2.05, 4.69) is 10.4 Å². The molecule has 0 unspecified atom stereocenters. The first-order valence-electron chi connectivity index (χ1n) is 7.48. The fourth-order valence-electron chi connectivity index (χ4n) is 2.30. The molecule has 0 fully saturated rings. The summed E-state index contributed by atoms with van der Waals surface area (Å²) in [5.74, 6) is -0.663. The first-order valence-corrected chi connectivity index (χ1v) is 7.48. The maximum Gasteiger partial charge on any atom is 0.359 e. The molecule has 1 amide bonds. The van der Waals surface area contributed by atoms with Crippen LogP contribution in [0.15, 0.2) is 51.9 Å². The molecule has 0 spiro atoms. The normalized spacial score (nSPS) is 10.6. The van der Waals surface area contributed by atoms with E-state index >= 15 is 0 Å². The summed E-state index contributed by atoms with van der Waals surface area (Å²) in [5.41, 5.74) is -0.333. The highest BCUT2D eigenvalue weighted by Crippen LogP contribution is 2.13. The third-order valence-electron chi connectivity index (χ3n) is 3.52. The Hall–Kier alpha value is -3.42. The van der Waals surface area contributed by atoms with Crippen LogP contribution in [-0.4, -0.2) is 28.3 Å². The highest BCUT2D eigenvalue weighted by molar-refractivity contribution is 6.02. The Labute approximate surface area is 142 Å². The van der Waals surface area contributed by atoms with Crippen molar-refractivity contribution < 1.29 is 18.7 Å². The Morgan fingerprint density at radius 2 is 1.96 bits per heavy atom. The van der Waals surface area contributed by atoms with Gasteiger partial charge in [-0.3, -0.25) is 9.59 Å². The van der Waals surface area contributed by atoms with Crippen LogP contribution in [-0.2, 0) is 23.1 Å². The van der Waals surface area contributed by atoms with E-state index in [1.54, 1.807) is 36.4 Å². The molecule has 25 heavy (non-hydrogen) atoms. The molecule has 8 nitrogen and oxygen atoms in total. The van der Waals surface area contributed by atoms with Crippen LogP contribution in [0.3, 0.4) is 0 Å². The number of furan rings is 1. The molecule has 0 saturated heterocycles. The Bertz CT molecular complexity index is 976. The quantitative estimate of drug-likeness (QED) is 0.695. The van der Waals surface area contributed by atoms with Gasteiger partial charge in [-0.05, 0) is 18.2 Å². The molecular weight excluding hydrogens is 326 g/mol. The number of nitrogens with one attached hydrogen (secondary N) is 1. The van der Waals surface area contributed by atoms with Gasteiger partial charge in [-0.15, -0.1) is 0 Å². The summed E-state index contributed by atoms with van der Waals surface area (Å²) < 4.78 is 11.2. The smallest absolute Gasteiger partial charge is 0.359 e. The van der Waals surface area contributed by atoms with Crippen LogP contribution in [0.5, 0.6) is 0 Å². The van der Waals surface area contributed by atoms with Crippen molar-refractivity contribution in [3.05, 3.63) is 64.5 Å². The number of rotatable bonds is 5. The summed E-state index contributed by atoms with van der Waals surface area (Å²) in [4.78, 5) is 36.1. The summed E-state index contributed by atoms with van der Waals surface area (Å²) in [6.45, 7) is -0.261. The van der Waals surface area contributed by atoms with Crippen molar-refractivity contribution in [2.24, 2.45) is 7.05 Å². The number of aromatic nitrogens is 2. The fourth-order valence-corrected chi connectivity index (χ4v) is 2.30. The van der Waals surface area contributed by atoms with Crippen molar-refractivity contribution in [1.29, 1.82) is 0 Å². The summed E-state index contributed by atoms with van der Waals surface area (Å²) in [6, 6.07) is 10.0. The molecule has 2 aromatic heterocycles. The van der Waals surface area contributed by atoms with Crippen LogP contribution < -0.4 is 10.9 Å². The van der Waals surface area contributed by atoms with E-state index < -0.39 is 18.5 Å². The summed E-state index contributed by atoms with van der Waals surface area (Å²) in [7, 11) is 1.45. The van der Waals surface area contributed by atoms with Gasteiger partial charge < -0.3 is 14.5 Å². The van der Waals surface area contributed by atoms with Crippen molar-refractivity contribution in [3.63, 3.8) is 0 Å². The van der Waals surface area contributed by atoms with E-state index in [0.29, 0.717) is 16.5 Å². The number of carbonyl (C=O) groups excluding carboxylic acids is 2. The van der Waals surface area contributed by atoms with Crippen LogP contribution in [0.4, 0.5) is 0 Å². The van der Waals surface area contributed by atoms with Gasteiger partial charge in [0.25, 0.3) is 11.5 Å². The van der Waals surface area contributed by atoms with E-state index in [1.165, 1.54) is 13.3 Å². The zero-order valence-electron chi connectivity index (χ0n) is 13.4. The summed E-state index contributed by atoms with van der Waals surface area (Å²) >= 11 is 0. The van der Waals surface area contributed by atoms with Crippen molar-refractivity contribution in [1.82, 2.24) is 15.1 Å². The second-order valence-electron chi connectivity index (χ2n) is 5.26. The van der Waals surface area contributed by atoms with Crippen LogP contribution >= 0.6 is 0 Å². The lowest BCUT2D eigenvalue weighted by Gasteiger charge is -2.08. The standard InChI is InChI=1S/C17H15N3O5/c1-20-16(22)13-7-3-2-6-12(13)15(19-20)17(23)25-10-14(21)18-9-11-5-4-8-24-11/h2-8H,9-10H2,1H3,(H,18,21). The average molecular weight is 341 g/mol. The number of hydrogen-bond donors (Lipinski definition) is 1. The Kier molecular flexibility index (Phi) is 4.60. The number of carbonyl (C=O) groups is 2. The molecule has 0 atom stereocenters. The molecule has 3 aromatic rings. The molecule has 128 valence electrons. The fraction of sp³-hybridized carbons (Fsp3) is 0.176. The van der Waals surface area contributed by atoms with Crippen LogP contribution in [0.25, 0.3) is 10.8 Å². The van der Waals surface area contributed by atoms with Crippen molar-refractivity contribution in [3.8, 4) is 0 Å². The molecule has 0 aliphatic heterocycles. The topological polar surface area (TPSA) is 103 Å². The molecule has 0 saturated carbocycles. The third kappa shape index (κ3) is 3.57. The van der Waals surface area contributed by atoms with E-state index in [4.69, 9.17) is 9.15 Å². The van der Waals surface area contributed by atoms with E-state index in [0.717, 1.165) is 4.68 Å². The second kappa shape index (κ2) is 7.00. The molecule has 0 bridgehead atoms. The monoisotopic (exact) mass is 341 g/mol. The molecule has 0 aliphatic rings. The predicted molar refractivity (Wildman–Crippen MR) is 87.8 cm³/mol. The van der Waals surface area contributed by atoms with Gasteiger partial charge in [0, 0.05) is 12.4 Å². The molecular formula is C17H15N3O5. The number of nitrogens with zero attached hydrogens (tertiary/aromatic N) is 2. The van der Waals surface area contributed by atoms with E-state index in [9.17, 15) is 14.4 Å². The van der Waals surface area contributed by atoms with E-state index in [1.807, 2.05) is 0 Å². The van der Waals surface area contributed by atoms with Gasteiger partial charge in [-0.2, -0.15) is 5.10 Å². The van der Waals surface area contributed by atoms with Crippen LogP contribution in [0.2, 0.25) is 0 Å². The number of amides is 1. The van der Waals surface area contributed by atoms with Crippen LogP contribution in [0, 0.1) is 0 Å². The average Bonchev–Trinajstić information content (AvgIpc) is 3.14. The summed E-state index contributed by atoms with van der Waals surface area (Å²) in [6.07, 6.45) is 1.50. The Morgan fingerprint density at radius 3 is 2.68 bits per heavy atom. The lowest BCUT2D eigenvalue weighted by atomic mass is 10.1. The zero-order chi connectivity index (χ0) is 17.8. The van der Waals surface area contributed by atoms with Gasteiger partial charge in [0.15, 0.2) is 12.3 Å². The van der Waals surface area contributed by atoms with Crippen LogP contribution in [0.1, 0.15) is 16.2 Å². The number of hydrogen-bond acceptors (Lipinski definition) is 6. The Morgan fingerprint density at radius 1 is 1.20 bits per heavy atom. The lowest BCUT2D eigenvalue weighted by Crippen LogP contribution is -2.29. The minimum Gasteiger partial charge on any atom is -0.467 e. The minimum absolute atomic E-state index is 0.0171. The lowest BCUT2D eigenvalue weighted by molar-refractivity contribution is -0.124. The molecule has 1 N–H and O–H groups in total. The highest BCUT2D eigenvalue weighted by Gasteiger charge is 2.18. The SMILES string of the molecule is Cn1nc(C(=O)OCC(=O)NCc2ccco2)c2ccccc2c1=O. The number of esters is 1. The van der Waals surface area contributed by atoms with Gasteiger partial charge in [0.1, 0.15) is 5.76 Å². The molecule has 0 aliphatic carbocycles. The number of benzene rings is 1. The molecule has 8 heteroatoms.